The summed E-state index contributed by atoms with van der Waals surface area (Å²) < 4.78 is 0. The van der Waals surface area contributed by atoms with E-state index in [0.717, 1.165) is 61.4 Å². The van der Waals surface area contributed by atoms with E-state index in [0.29, 0.717) is 32.1 Å². The monoisotopic (exact) mass is 929 g/mol. The number of allylic oxidation sites excluding steroid dienone is 2. The Hall–Kier alpha value is -4.58. The molecule has 0 bridgehead atoms. The molecule has 7 atom stereocenters. The third kappa shape index (κ3) is 17.5. The van der Waals surface area contributed by atoms with Crippen molar-refractivity contribution < 1.29 is 38.4 Å². The molecule has 0 saturated carbocycles. The SMILES string of the molecule is CCCC[C@H](CNC(C)C(=O)C(=O)C(C)NC(=O)[C@]1(C)CCC/C=C/CCCCCC[C@@](C)(CC(C)=O)C(=O)C[C@@](C)(Cc2c[nH]c3ccccc23)C(=O)CC[C@@H](CC(C)C)C(=O)N1)C(C)=O. The Labute approximate surface area is 401 Å². The molecule has 2 aromatic rings. The number of hydrogen-bond acceptors (Lipinski definition) is 9. The molecule has 67 heavy (non-hydrogen) atoms. The summed E-state index contributed by atoms with van der Waals surface area (Å²) in [5, 5.41) is 9.81. The summed E-state index contributed by atoms with van der Waals surface area (Å²) in [6.07, 6.45) is 16.0. The van der Waals surface area contributed by atoms with Crippen LogP contribution < -0.4 is 16.0 Å². The fourth-order valence-corrected chi connectivity index (χ4v) is 9.64. The molecule has 0 spiro atoms. The third-order valence-corrected chi connectivity index (χ3v) is 14.1. The molecule has 1 aliphatic heterocycles. The number of unbranched alkanes of at least 4 members (excludes halogenated alkanes) is 1. The van der Waals surface area contributed by atoms with Gasteiger partial charge in [0.2, 0.25) is 23.4 Å². The van der Waals surface area contributed by atoms with Crippen molar-refractivity contribution in [2.75, 3.05) is 6.54 Å². The van der Waals surface area contributed by atoms with Crippen molar-refractivity contribution in [1.29, 1.82) is 0 Å². The normalized spacial score (nSPS) is 25.2. The molecule has 2 amide bonds. The maximum atomic E-state index is 14.8. The molecule has 12 heteroatoms. The molecule has 0 aliphatic carbocycles. The highest BCUT2D eigenvalue weighted by Crippen LogP contribution is 2.40. The van der Waals surface area contributed by atoms with Crippen LogP contribution in [0.2, 0.25) is 0 Å². The lowest BCUT2D eigenvalue weighted by Crippen LogP contribution is -2.60. The van der Waals surface area contributed by atoms with Crippen LogP contribution in [-0.2, 0) is 44.8 Å². The topological polar surface area (TPSA) is 188 Å². The van der Waals surface area contributed by atoms with Gasteiger partial charge in [0.25, 0.3) is 0 Å². The zero-order valence-corrected chi connectivity index (χ0v) is 42.6. The number of H-pyrrole nitrogens is 1. The summed E-state index contributed by atoms with van der Waals surface area (Å²) in [7, 11) is 0. The fraction of sp³-hybridized carbons (Fsp3) is 0.673. The smallest absolute Gasteiger partial charge is 0.246 e. The molecule has 0 saturated heterocycles. The van der Waals surface area contributed by atoms with Gasteiger partial charge in [0, 0.05) is 65.6 Å². The van der Waals surface area contributed by atoms with Gasteiger partial charge in [0.05, 0.1) is 12.1 Å². The second kappa shape index (κ2) is 26.8. The number of nitrogens with one attached hydrogen (secondary N) is 4. The molecule has 0 radical (unpaired) electrons. The van der Waals surface area contributed by atoms with E-state index in [2.05, 4.69) is 33.1 Å². The standard InChI is InChI=1S/C55H84N4O8/c1-11-12-24-43(41(7)61)35-56-39(5)49(64)50(65)40(6)58-52(67)55(10)30-23-19-17-15-13-14-16-18-22-29-53(8,32-38(4)60)48(63)34-54(9,33-44-36-57-46-26-21-20-25-45(44)46)47(62)28-27-42(31-37(2)3)51(66)59-55/h15,17,20-21,25-26,36-37,39-40,42-43,56-57H,11-14,16,18-19,22-24,27-35H2,1-10H3,(H,58,67)(H,59,66)/b17-15+/t39?,40?,42-,43+,53-,54+,55-/m0/s1. The van der Waals surface area contributed by atoms with Crippen molar-refractivity contribution in [3.8, 4) is 0 Å². The van der Waals surface area contributed by atoms with E-state index in [4.69, 9.17) is 0 Å². The van der Waals surface area contributed by atoms with E-state index in [-0.39, 0.29) is 80.0 Å². The Morgan fingerprint density at radius 2 is 1.46 bits per heavy atom. The average Bonchev–Trinajstić information content (AvgIpc) is 3.67. The van der Waals surface area contributed by atoms with Gasteiger partial charge in [-0.05, 0) is 116 Å². The fourth-order valence-electron chi connectivity index (χ4n) is 9.64. The second-order valence-electron chi connectivity index (χ2n) is 21.1. The van der Waals surface area contributed by atoms with Crippen molar-refractivity contribution in [2.45, 2.75) is 202 Å². The lowest BCUT2D eigenvalue weighted by atomic mass is 9.67. The van der Waals surface area contributed by atoms with Crippen LogP contribution in [0.5, 0.6) is 0 Å². The lowest BCUT2D eigenvalue weighted by molar-refractivity contribution is -0.141. The molecule has 3 rings (SSSR count). The van der Waals surface area contributed by atoms with Crippen LogP contribution in [0.25, 0.3) is 10.9 Å². The van der Waals surface area contributed by atoms with Crippen molar-refractivity contribution >= 4 is 57.4 Å². The molecule has 1 aliphatic rings. The van der Waals surface area contributed by atoms with Gasteiger partial charge >= 0.3 is 0 Å². The van der Waals surface area contributed by atoms with Gasteiger partial charge in [-0.1, -0.05) is 97.1 Å². The maximum absolute atomic E-state index is 14.8. The molecule has 2 heterocycles. The van der Waals surface area contributed by atoms with Gasteiger partial charge in [-0.25, -0.2) is 0 Å². The number of ketones is 6. The molecule has 12 nitrogen and oxygen atoms in total. The van der Waals surface area contributed by atoms with Gasteiger partial charge in [-0.15, -0.1) is 0 Å². The summed E-state index contributed by atoms with van der Waals surface area (Å²) in [6, 6.07) is 5.78. The summed E-state index contributed by atoms with van der Waals surface area (Å²) in [6.45, 7) is 17.7. The molecule has 2 unspecified atom stereocenters. The Kier molecular flexibility index (Phi) is 22.7. The predicted octanol–water partition coefficient (Wildman–Crippen LogP) is 9.64. The zero-order chi connectivity index (χ0) is 50.0. The highest BCUT2D eigenvalue weighted by molar-refractivity contribution is 6.41. The first-order valence-electron chi connectivity index (χ1n) is 25.3. The van der Waals surface area contributed by atoms with Crippen LogP contribution in [0.1, 0.15) is 184 Å². The number of carbonyl (C=O) groups excluding carboxylic acids is 8. The first kappa shape index (κ1) is 56.7. The van der Waals surface area contributed by atoms with Gasteiger partial charge in [-0.2, -0.15) is 0 Å². The summed E-state index contributed by atoms with van der Waals surface area (Å²) in [5.41, 5.74) is -1.70. The zero-order valence-electron chi connectivity index (χ0n) is 42.6. The largest absolute Gasteiger partial charge is 0.361 e. The average molecular weight is 929 g/mol. The minimum absolute atomic E-state index is 0.0136. The van der Waals surface area contributed by atoms with E-state index in [9.17, 15) is 38.4 Å². The number of Topliss-reactive ketones (excluding diaryl/α,β-unsaturated/α-hetero) is 6. The number of aromatic amines is 1. The first-order chi connectivity index (χ1) is 31.6. The number of para-hydroxylation sites is 1. The quantitative estimate of drug-likeness (QED) is 0.0834. The van der Waals surface area contributed by atoms with Crippen LogP contribution in [-0.4, -0.2) is 75.7 Å². The molecule has 1 aromatic heterocycles. The van der Waals surface area contributed by atoms with Crippen LogP contribution >= 0.6 is 0 Å². The number of fused-ring (bicyclic) bond motifs is 1. The van der Waals surface area contributed by atoms with Crippen LogP contribution in [0.3, 0.4) is 0 Å². The predicted molar refractivity (Wildman–Crippen MR) is 266 cm³/mol. The molecule has 372 valence electrons. The van der Waals surface area contributed by atoms with Crippen LogP contribution in [0.15, 0.2) is 42.6 Å². The second-order valence-corrected chi connectivity index (χ2v) is 21.1. The van der Waals surface area contributed by atoms with Crippen molar-refractivity contribution in [3.63, 3.8) is 0 Å². The lowest BCUT2D eigenvalue weighted by Gasteiger charge is -2.35. The van der Waals surface area contributed by atoms with Gasteiger partial charge in [0.1, 0.15) is 28.7 Å². The van der Waals surface area contributed by atoms with E-state index in [1.165, 1.54) is 20.8 Å². The molecular formula is C55H84N4O8. The van der Waals surface area contributed by atoms with Crippen molar-refractivity contribution in [3.05, 3.63) is 48.2 Å². The highest BCUT2D eigenvalue weighted by atomic mass is 16.2. The van der Waals surface area contributed by atoms with E-state index in [1.807, 2.05) is 65.1 Å². The minimum Gasteiger partial charge on any atom is -0.361 e. The maximum Gasteiger partial charge on any atom is 0.246 e. The van der Waals surface area contributed by atoms with Gasteiger partial charge < -0.3 is 20.9 Å². The minimum atomic E-state index is -1.46. The Bertz CT molecular complexity index is 2050. The summed E-state index contributed by atoms with van der Waals surface area (Å²) >= 11 is 0. The summed E-state index contributed by atoms with van der Waals surface area (Å²) in [5.74, 6) is -3.65. The van der Waals surface area contributed by atoms with Gasteiger partial charge in [0.15, 0.2) is 0 Å². The van der Waals surface area contributed by atoms with Crippen LogP contribution in [0.4, 0.5) is 0 Å². The number of carbonyl (C=O) groups is 8. The molecule has 1 aromatic carbocycles. The Morgan fingerprint density at radius 3 is 2.12 bits per heavy atom. The number of amides is 2. The van der Waals surface area contributed by atoms with E-state index < -0.39 is 57.8 Å². The Morgan fingerprint density at radius 1 is 0.806 bits per heavy atom. The summed E-state index contributed by atoms with van der Waals surface area (Å²) in [4.78, 5) is 113. The van der Waals surface area contributed by atoms with Crippen molar-refractivity contribution in [1.82, 2.24) is 20.9 Å². The first-order valence-corrected chi connectivity index (χ1v) is 25.3. The van der Waals surface area contributed by atoms with Crippen LogP contribution in [0, 0.1) is 28.6 Å². The highest BCUT2D eigenvalue weighted by Gasteiger charge is 2.43. The third-order valence-electron chi connectivity index (χ3n) is 14.1. The number of aromatic nitrogens is 1. The number of benzene rings is 1. The molecule has 0 fully saturated rings. The number of hydrogen-bond donors (Lipinski definition) is 4. The molecular weight excluding hydrogens is 845 g/mol. The number of rotatable bonds is 18. The van der Waals surface area contributed by atoms with Gasteiger partial charge in [-0.3, -0.25) is 38.4 Å². The van der Waals surface area contributed by atoms with E-state index in [1.54, 1.807) is 13.8 Å². The van der Waals surface area contributed by atoms with E-state index >= 15 is 0 Å². The Balaban J connectivity index is 1.94. The molecule has 4 N–H and O–H groups in total. The van der Waals surface area contributed by atoms with Crippen molar-refractivity contribution in [2.24, 2.45) is 28.6 Å².